The van der Waals surface area contributed by atoms with Crippen molar-refractivity contribution in [2.45, 2.75) is 6.92 Å². The number of hydrazone groups is 1. The van der Waals surface area contributed by atoms with Crippen molar-refractivity contribution in [3.05, 3.63) is 89.2 Å². The van der Waals surface area contributed by atoms with Crippen LogP contribution in [0, 0.1) is 6.92 Å². The zero-order valence-electron chi connectivity index (χ0n) is 17.5. The fraction of sp³-hybridized carbons (Fsp3) is 0.0800. The number of fused-ring (bicyclic) bond motifs is 1. The van der Waals surface area contributed by atoms with Crippen LogP contribution >= 0.6 is 0 Å². The highest BCUT2D eigenvalue weighted by molar-refractivity contribution is 6.01. The number of aryl methyl sites for hydroxylation is 1. The molecule has 1 aromatic heterocycles. The molecule has 0 saturated carbocycles. The number of rotatable bonds is 5. The highest BCUT2D eigenvalue weighted by Gasteiger charge is 2.13. The van der Waals surface area contributed by atoms with Gasteiger partial charge in [-0.3, -0.25) is 4.79 Å². The van der Waals surface area contributed by atoms with Crippen LogP contribution in [0.1, 0.15) is 32.0 Å². The first-order valence-electron chi connectivity index (χ1n) is 9.80. The highest BCUT2D eigenvalue weighted by Crippen LogP contribution is 2.27. The number of ether oxygens (including phenoxy) is 1. The van der Waals surface area contributed by atoms with Crippen LogP contribution in [-0.4, -0.2) is 30.3 Å². The third-order valence-corrected chi connectivity index (χ3v) is 5.01. The number of nitrogens with one attached hydrogen (secondary N) is 1. The largest absolute Gasteiger partial charge is 0.507 e. The zero-order chi connectivity index (χ0) is 22.7. The van der Waals surface area contributed by atoms with E-state index in [0.717, 1.165) is 21.9 Å². The number of furan rings is 1. The van der Waals surface area contributed by atoms with Crippen LogP contribution in [0.25, 0.3) is 22.1 Å². The van der Waals surface area contributed by atoms with Crippen molar-refractivity contribution in [3.63, 3.8) is 0 Å². The van der Waals surface area contributed by atoms with Crippen LogP contribution in [-0.2, 0) is 4.74 Å². The molecule has 0 radical (unpaired) electrons. The van der Waals surface area contributed by atoms with Crippen molar-refractivity contribution in [2.75, 3.05) is 7.11 Å². The molecule has 3 aromatic carbocycles. The van der Waals surface area contributed by atoms with Crippen LogP contribution in [0.5, 0.6) is 5.75 Å². The molecule has 0 atom stereocenters. The first kappa shape index (κ1) is 20.9. The van der Waals surface area contributed by atoms with Gasteiger partial charge in [0, 0.05) is 5.56 Å². The average molecular weight is 428 g/mol. The van der Waals surface area contributed by atoms with E-state index in [1.807, 2.05) is 31.2 Å². The molecule has 1 amide bonds. The van der Waals surface area contributed by atoms with Gasteiger partial charge in [-0.2, -0.15) is 5.10 Å². The van der Waals surface area contributed by atoms with E-state index in [4.69, 9.17) is 9.15 Å². The first-order valence-corrected chi connectivity index (χ1v) is 9.80. The average Bonchev–Trinajstić information content (AvgIpc) is 3.26. The molecule has 0 fully saturated rings. The zero-order valence-corrected chi connectivity index (χ0v) is 17.5. The number of phenols is 1. The Bertz CT molecular complexity index is 1350. The lowest BCUT2D eigenvalue weighted by Gasteiger charge is -2.06. The fourth-order valence-electron chi connectivity index (χ4n) is 3.38. The van der Waals surface area contributed by atoms with E-state index in [1.54, 1.807) is 42.5 Å². The maximum absolute atomic E-state index is 12.4. The Morgan fingerprint density at radius 2 is 1.78 bits per heavy atom. The van der Waals surface area contributed by atoms with Gasteiger partial charge in [0.05, 0.1) is 24.5 Å². The summed E-state index contributed by atoms with van der Waals surface area (Å²) in [6, 6.07) is 19.3. The number of methoxy groups -OCH3 is 1. The van der Waals surface area contributed by atoms with Gasteiger partial charge in [-0.15, -0.1) is 0 Å². The molecule has 160 valence electrons. The van der Waals surface area contributed by atoms with Crippen LogP contribution < -0.4 is 5.43 Å². The number of hydrogen-bond acceptors (Lipinski definition) is 6. The Labute approximate surface area is 183 Å². The summed E-state index contributed by atoms with van der Waals surface area (Å²) in [4.78, 5) is 24.1. The number of esters is 1. The van der Waals surface area contributed by atoms with Gasteiger partial charge in [-0.1, -0.05) is 30.3 Å². The summed E-state index contributed by atoms with van der Waals surface area (Å²) in [5, 5.41) is 15.8. The molecule has 0 aliphatic carbocycles. The summed E-state index contributed by atoms with van der Waals surface area (Å²) in [6.45, 7) is 1.87. The van der Waals surface area contributed by atoms with Gasteiger partial charge in [0.25, 0.3) is 5.91 Å². The second kappa shape index (κ2) is 8.77. The van der Waals surface area contributed by atoms with E-state index in [2.05, 4.69) is 10.5 Å². The Hall–Kier alpha value is -4.39. The molecule has 7 heteroatoms. The molecule has 0 bridgehead atoms. The van der Waals surface area contributed by atoms with E-state index in [-0.39, 0.29) is 11.3 Å². The number of carbonyl (C=O) groups is 2. The lowest BCUT2D eigenvalue weighted by atomic mass is 10.0. The number of hydrogen-bond donors (Lipinski definition) is 2. The smallest absolute Gasteiger partial charge is 0.337 e. The summed E-state index contributed by atoms with van der Waals surface area (Å²) >= 11 is 0. The number of nitrogens with zero attached hydrogens (tertiary/aromatic N) is 1. The molecule has 0 saturated heterocycles. The Morgan fingerprint density at radius 1 is 1.03 bits per heavy atom. The van der Waals surface area contributed by atoms with Crippen molar-refractivity contribution in [2.24, 2.45) is 5.10 Å². The van der Waals surface area contributed by atoms with Crippen LogP contribution in [0.4, 0.5) is 0 Å². The van der Waals surface area contributed by atoms with Crippen molar-refractivity contribution in [1.29, 1.82) is 0 Å². The molecule has 0 aliphatic rings. The Balaban J connectivity index is 1.47. The van der Waals surface area contributed by atoms with Crippen molar-refractivity contribution in [3.8, 4) is 17.1 Å². The van der Waals surface area contributed by atoms with Crippen LogP contribution in [0.3, 0.4) is 0 Å². The van der Waals surface area contributed by atoms with Gasteiger partial charge < -0.3 is 14.3 Å². The number of carbonyl (C=O) groups excluding carboxylic acids is 2. The first-order chi connectivity index (χ1) is 15.5. The maximum atomic E-state index is 12.4. The lowest BCUT2D eigenvalue weighted by Crippen LogP contribution is -2.17. The minimum Gasteiger partial charge on any atom is -0.507 e. The van der Waals surface area contributed by atoms with Crippen molar-refractivity contribution >= 4 is 28.9 Å². The SMILES string of the molecule is COC(=O)c1ccc(-c2ccc(C=NNC(=O)c3cc4ccccc4cc3O)o2)c(C)c1. The van der Waals surface area contributed by atoms with E-state index >= 15 is 0 Å². The Kier molecular flexibility index (Phi) is 5.72. The minimum absolute atomic E-state index is 0.123. The molecule has 7 nitrogen and oxygen atoms in total. The molecular formula is C25H20N2O5. The number of phenolic OH excluding ortho intramolecular Hbond substituents is 1. The summed E-state index contributed by atoms with van der Waals surface area (Å²) in [5.74, 6) is -0.0356. The molecule has 0 spiro atoms. The van der Waals surface area contributed by atoms with E-state index in [1.165, 1.54) is 13.3 Å². The lowest BCUT2D eigenvalue weighted by molar-refractivity contribution is 0.0600. The van der Waals surface area contributed by atoms with Crippen molar-refractivity contribution in [1.82, 2.24) is 5.43 Å². The number of aromatic hydroxyl groups is 1. The van der Waals surface area contributed by atoms with E-state index < -0.39 is 11.9 Å². The molecule has 1 heterocycles. The monoisotopic (exact) mass is 428 g/mol. The minimum atomic E-state index is -0.537. The van der Waals surface area contributed by atoms with Gasteiger partial charge in [-0.25, -0.2) is 10.2 Å². The topological polar surface area (TPSA) is 101 Å². The molecule has 0 aliphatic heterocycles. The van der Waals surface area contributed by atoms with E-state index in [9.17, 15) is 14.7 Å². The highest BCUT2D eigenvalue weighted by atomic mass is 16.5. The standard InChI is InChI=1S/C25H20N2O5/c1-15-11-18(25(30)31-2)7-9-20(15)23-10-8-19(32-23)14-26-27-24(29)21-12-16-5-3-4-6-17(16)13-22(21)28/h3-14,28H,1-2H3,(H,27,29). The second-order valence-electron chi connectivity index (χ2n) is 7.14. The maximum Gasteiger partial charge on any atom is 0.337 e. The number of amides is 1. The molecular weight excluding hydrogens is 408 g/mol. The Morgan fingerprint density at radius 3 is 2.50 bits per heavy atom. The van der Waals surface area contributed by atoms with Gasteiger partial charge in [-0.05, 0) is 59.7 Å². The summed E-state index contributed by atoms with van der Waals surface area (Å²) < 4.78 is 10.5. The van der Waals surface area contributed by atoms with Crippen LogP contribution in [0.2, 0.25) is 0 Å². The molecule has 32 heavy (non-hydrogen) atoms. The summed E-state index contributed by atoms with van der Waals surface area (Å²) in [5.41, 5.74) is 4.66. The quantitative estimate of drug-likeness (QED) is 0.273. The van der Waals surface area contributed by atoms with Gasteiger partial charge in [0.15, 0.2) is 0 Å². The normalized spacial score (nSPS) is 11.1. The molecule has 4 rings (SSSR count). The number of benzene rings is 3. The van der Waals surface area contributed by atoms with Crippen LogP contribution in [0.15, 0.2) is 76.2 Å². The third kappa shape index (κ3) is 4.22. The summed E-state index contributed by atoms with van der Waals surface area (Å²) in [6.07, 6.45) is 1.37. The van der Waals surface area contributed by atoms with Gasteiger partial charge in [0.2, 0.25) is 0 Å². The molecule has 4 aromatic rings. The fourth-order valence-corrected chi connectivity index (χ4v) is 3.38. The summed E-state index contributed by atoms with van der Waals surface area (Å²) in [7, 11) is 1.34. The third-order valence-electron chi connectivity index (χ3n) is 5.01. The van der Waals surface area contributed by atoms with Gasteiger partial charge in [0.1, 0.15) is 17.3 Å². The predicted octanol–water partition coefficient (Wildman–Crippen LogP) is 4.66. The predicted molar refractivity (Wildman–Crippen MR) is 121 cm³/mol. The van der Waals surface area contributed by atoms with Gasteiger partial charge >= 0.3 is 5.97 Å². The molecule has 2 N–H and O–H groups in total. The molecule has 0 unspecified atom stereocenters. The second-order valence-corrected chi connectivity index (χ2v) is 7.14. The van der Waals surface area contributed by atoms with E-state index in [0.29, 0.717) is 17.1 Å². The van der Waals surface area contributed by atoms with Crippen molar-refractivity contribution < 1.29 is 23.8 Å².